The molecule has 0 saturated carbocycles. The molecule has 172 valence electrons. The smallest absolute Gasteiger partial charge is 0.227 e. The van der Waals surface area contributed by atoms with Crippen LogP contribution < -0.4 is 15.5 Å². The first kappa shape index (κ1) is 22.2. The summed E-state index contributed by atoms with van der Waals surface area (Å²) in [6.45, 7) is 7.58. The van der Waals surface area contributed by atoms with Gasteiger partial charge in [-0.3, -0.25) is 0 Å². The minimum absolute atomic E-state index is 0.482. The summed E-state index contributed by atoms with van der Waals surface area (Å²) in [5.74, 6) is 1.63. The second-order valence-electron chi connectivity index (χ2n) is 9.60. The van der Waals surface area contributed by atoms with E-state index < -0.39 is 0 Å². The topological polar surface area (TPSA) is 56.3 Å². The molecule has 3 aliphatic heterocycles. The van der Waals surface area contributed by atoms with Crippen LogP contribution in [0.2, 0.25) is 10.0 Å². The van der Waals surface area contributed by atoms with Gasteiger partial charge in [-0.25, -0.2) is 4.98 Å². The van der Waals surface area contributed by atoms with Gasteiger partial charge in [-0.1, -0.05) is 29.3 Å². The summed E-state index contributed by atoms with van der Waals surface area (Å²) >= 11 is 12.3. The molecule has 2 N–H and O–H groups in total. The fourth-order valence-corrected chi connectivity index (χ4v) is 5.92. The van der Waals surface area contributed by atoms with Crippen molar-refractivity contribution in [2.45, 2.75) is 44.7 Å². The SMILES string of the molecule is Clc1ccc(CNc2ccnc(N3CCC4(CCN(C[C@@H]5CCCN5)C4)CC3)n2)c(Cl)c1. The summed E-state index contributed by atoms with van der Waals surface area (Å²) in [4.78, 5) is 14.4. The Balaban J connectivity index is 1.15. The lowest BCUT2D eigenvalue weighted by Gasteiger charge is -2.39. The number of benzene rings is 1. The highest BCUT2D eigenvalue weighted by atomic mass is 35.5. The molecule has 0 radical (unpaired) electrons. The van der Waals surface area contributed by atoms with Crippen molar-refractivity contribution in [1.82, 2.24) is 20.2 Å². The molecule has 0 unspecified atom stereocenters. The number of aromatic nitrogens is 2. The summed E-state index contributed by atoms with van der Waals surface area (Å²) in [5, 5.41) is 8.33. The zero-order chi connectivity index (χ0) is 22.0. The van der Waals surface area contributed by atoms with Gasteiger partial charge in [0.1, 0.15) is 5.82 Å². The van der Waals surface area contributed by atoms with Crippen LogP contribution in [-0.4, -0.2) is 60.2 Å². The lowest BCUT2D eigenvalue weighted by atomic mass is 9.78. The quantitative estimate of drug-likeness (QED) is 0.645. The largest absolute Gasteiger partial charge is 0.366 e. The summed E-state index contributed by atoms with van der Waals surface area (Å²) in [6, 6.07) is 8.18. The molecule has 1 atom stereocenters. The van der Waals surface area contributed by atoms with Crippen LogP contribution in [0.4, 0.5) is 11.8 Å². The van der Waals surface area contributed by atoms with Crippen LogP contribution in [0, 0.1) is 5.41 Å². The second-order valence-corrected chi connectivity index (χ2v) is 10.4. The standard InChI is InChI=1S/C24H32Cl2N6/c25-19-4-3-18(21(26)14-19)15-29-22-5-10-28-23(30-22)32-12-7-24(8-13-32)6-11-31(17-24)16-20-2-1-9-27-20/h3-5,10,14,20,27H,1-2,6-9,11-13,15-17H2,(H,28,29,30)/t20-/m0/s1. The van der Waals surface area contributed by atoms with Gasteiger partial charge in [0.2, 0.25) is 5.95 Å². The Morgan fingerprint density at radius 3 is 2.75 bits per heavy atom. The number of anilines is 2. The molecule has 3 aliphatic rings. The van der Waals surface area contributed by atoms with E-state index in [4.69, 9.17) is 28.2 Å². The van der Waals surface area contributed by atoms with Crippen LogP contribution in [0.3, 0.4) is 0 Å². The Bertz CT molecular complexity index is 924. The molecule has 4 heterocycles. The maximum atomic E-state index is 6.29. The van der Waals surface area contributed by atoms with Gasteiger partial charge in [0.05, 0.1) is 0 Å². The molecule has 0 bridgehead atoms. The maximum Gasteiger partial charge on any atom is 0.227 e. The van der Waals surface area contributed by atoms with E-state index in [-0.39, 0.29) is 0 Å². The highest BCUT2D eigenvalue weighted by molar-refractivity contribution is 6.35. The Labute approximate surface area is 200 Å². The Kier molecular flexibility index (Phi) is 6.74. The lowest BCUT2D eigenvalue weighted by Crippen LogP contribution is -2.43. The van der Waals surface area contributed by atoms with Crippen molar-refractivity contribution in [3.63, 3.8) is 0 Å². The van der Waals surface area contributed by atoms with E-state index in [0.717, 1.165) is 30.4 Å². The van der Waals surface area contributed by atoms with E-state index in [0.29, 0.717) is 28.0 Å². The molecule has 3 fully saturated rings. The number of piperidine rings is 1. The van der Waals surface area contributed by atoms with Crippen LogP contribution in [0.1, 0.15) is 37.7 Å². The third-order valence-electron chi connectivity index (χ3n) is 7.38. The summed E-state index contributed by atoms with van der Waals surface area (Å²) in [7, 11) is 0. The van der Waals surface area contributed by atoms with Crippen molar-refractivity contribution in [3.05, 3.63) is 46.1 Å². The van der Waals surface area contributed by atoms with Crippen molar-refractivity contribution < 1.29 is 0 Å². The number of likely N-dealkylation sites (tertiary alicyclic amines) is 1. The fourth-order valence-electron chi connectivity index (χ4n) is 5.45. The van der Waals surface area contributed by atoms with Crippen molar-refractivity contribution >= 4 is 35.0 Å². The zero-order valence-corrected chi connectivity index (χ0v) is 20.0. The third-order valence-corrected chi connectivity index (χ3v) is 7.97. The number of rotatable bonds is 6. The molecule has 1 spiro atoms. The fraction of sp³-hybridized carbons (Fsp3) is 0.583. The van der Waals surface area contributed by atoms with Crippen LogP contribution in [-0.2, 0) is 6.54 Å². The molecular weight excluding hydrogens is 443 g/mol. The Morgan fingerprint density at radius 1 is 1.12 bits per heavy atom. The van der Waals surface area contributed by atoms with Gasteiger partial charge in [-0.2, -0.15) is 4.98 Å². The van der Waals surface area contributed by atoms with Crippen molar-refractivity contribution in [2.24, 2.45) is 5.41 Å². The van der Waals surface area contributed by atoms with E-state index in [9.17, 15) is 0 Å². The van der Waals surface area contributed by atoms with E-state index in [1.807, 2.05) is 24.4 Å². The first-order chi connectivity index (χ1) is 15.6. The van der Waals surface area contributed by atoms with Gasteiger partial charge in [0.25, 0.3) is 0 Å². The van der Waals surface area contributed by atoms with Crippen molar-refractivity contribution in [2.75, 3.05) is 49.5 Å². The molecule has 8 heteroatoms. The Morgan fingerprint density at radius 2 is 1.97 bits per heavy atom. The molecule has 32 heavy (non-hydrogen) atoms. The van der Waals surface area contributed by atoms with Gasteiger partial charge >= 0.3 is 0 Å². The molecule has 0 aliphatic carbocycles. The second kappa shape index (κ2) is 9.72. The van der Waals surface area contributed by atoms with Crippen molar-refractivity contribution in [3.8, 4) is 0 Å². The van der Waals surface area contributed by atoms with Gasteiger partial charge in [0.15, 0.2) is 0 Å². The minimum atomic E-state index is 0.482. The predicted molar refractivity (Wildman–Crippen MR) is 132 cm³/mol. The number of hydrogen-bond donors (Lipinski definition) is 2. The normalized spacial score (nSPS) is 23.2. The zero-order valence-electron chi connectivity index (χ0n) is 18.5. The van der Waals surface area contributed by atoms with E-state index in [2.05, 4.69) is 25.4 Å². The van der Waals surface area contributed by atoms with Gasteiger partial charge in [-0.05, 0) is 74.4 Å². The lowest BCUT2D eigenvalue weighted by molar-refractivity contribution is 0.201. The number of nitrogens with one attached hydrogen (secondary N) is 2. The van der Waals surface area contributed by atoms with Gasteiger partial charge < -0.3 is 20.4 Å². The van der Waals surface area contributed by atoms with E-state index >= 15 is 0 Å². The molecular formula is C24H32Cl2N6. The Hall–Kier alpha value is -1.60. The van der Waals surface area contributed by atoms with Crippen LogP contribution in [0.5, 0.6) is 0 Å². The average molecular weight is 475 g/mol. The van der Waals surface area contributed by atoms with Gasteiger partial charge in [0, 0.05) is 55.0 Å². The maximum absolute atomic E-state index is 6.29. The summed E-state index contributed by atoms with van der Waals surface area (Å²) < 4.78 is 0. The average Bonchev–Trinajstić information content (AvgIpc) is 3.45. The molecule has 1 aromatic heterocycles. The summed E-state index contributed by atoms with van der Waals surface area (Å²) in [5.41, 5.74) is 1.48. The monoisotopic (exact) mass is 474 g/mol. The number of nitrogens with zero attached hydrogens (tertiary/aromatic N) is 4. The number of halogens is 2. The van der Waals surface area contributed by atoms with Crippen molar-refractivity contribution in [1.29, 1.82) is 0 Å². The third kappa shape index (κ3) is 5.14. The first-order valence-corrected chi connectivity index (χ1v) is 12.6. The van der Waals surface area contributed by atoms with E-state index in [1.54, 1.807) is 6.07 Å². The predicted octanol–water partition coefficient (Wildman–Crippen LogP) is 4.44. The first-order valence-electron chi connectivity index (χ1n) is 11.8. The van der Waals surface area contributed by atoms with Gasteiger partial charge in [-0.15, -0.1) is 0 Å². The molecule has 1 aromatic carbocycles. The highest BCUT2D eigenvalue weighted by Crippen LogP contribution is 2.41. The molecule has 2 aromatic rings. The highest BCUT2D eigenvalue weighted by Gasteiger charge is 2.41. The molecule has 6 nitrogen and oxygen atoms in total. The summed E-state index contributed by atoms with van der Waals surface area (Å²) in [6.07, 6.45) is 8.29. The molecule has 5 rings (SSSR count). The molecule has 3 saturated heterocycles. The minimum Gasteiger partial charge on any atom is -0.366 e. The number of hydrogen-bond acceptors (Lipinski definition) is 6. The van der Waals surface area contributed by atoms with Crippen LogP contribution in [0.25, 0.3) is 0 Å². The van der Waals surface area contributed by atoms with E-state index in [1.165, 1.54) is 58.3 Å². The van der Waals surface area contributed by atoms with Crippen LogP contribution >= 0.6 is 23.2 Å². The molecule has 0 amide bonds. The van der Waals surface area contributed by atoms with Crippen LogP contribution in [0.15, 0.2) is 30.5 Å².